The van der Waals surface area contributed by atoms with Crippen LogP contribution in [0.3, 0.4) is 0 Å². The predicted molar refractivity (Wildman–Crippen MR) is 108 cm³/mol. The first kappa shape index (κ1) is 16.5. The molecule has 0 aliphatic carbocycles. The van der Waals surface area contributed by atoms with E-state index < -0.39 is 0 Å². The van der Waals surface area contributed by atoms with Crippen LogP contribution in [-0.2, 0) is 11.3 Å². The number of aldehydes is 1. The monoisotopic (exact) mass is 406 g/mol. The summed E-state index contributed by atoms with van der Waals surface area (Å²) in [4.78, 5) is 23.9. The number of nitrogens with one attached hydrogen (secondary N) is 1. The second-order valence-corrected chi connectivity index (χ2v) is 6.89. The molecule has 4 rings (SSSR count). The molecule has 3 aromatic carbocycles. The second-order valence-electron chi connectivity index (χ2n) is 6.04. The van der Waals surface area contributed by atoms with Gasteiger partial charge in [0.15, 0.2) is 6.29 Å². The second kappa shape index (κ2) is 6.77. The number of benzene rings is 3. The Labute approximate surface area is 158 Å². The summed E-state index contributed by atoms with van der Waals surface area (Å²) in [7, 11) is 0. The van der Waals surface area contributed by atoms with Gasteiger partial charge in [0.2, 0.25) is 5.91 Å². The molecule has 0 saturated carbocycles. The van der Waals surface area contributed by atoms with Crippen LogP contribution in [0.1, 0.15) is 10.4 Å². The molecule has 1 N–H and O–H groups in total. The van der Waals surface area contributed by atoms with E-state index in [1.54, 1.807) is 10.8 Å². The van der Waals surface area contributed by atoms with Crippen LogP contribution < -0.4 is 5.32 Å². The van der Waals surface area contributed by atoms with E-state index in [4.69, 9.17) is 0 Å². The van der Waals surface area contributed by atoms with E-state index in [0.29, 0.717) is 5.56 Å². The zero-order valence-corrected chi connectivity index (χ0v) is 15.4. The first-order chi connectivity index (χ1) is 12.7. The highest BCUT2D eigenvalue weighted by molar-refractivity contribution is 9.10. The molecule has 0 unspecified atom stereocenters. The predicted octanol–water partition coefficient (Wildman–Crippen LogP) is 5.01. The van der Waals surface area contributed by atoms with Crippen LogP contribution >= 0.6 is 15.9 Å². The number of carbonyl (C=O) groups excluding carboxylic acids is 2. The number of halogens is 1. The molecule has 0 spiro atoms. The minimum Gasteiger partial charge on any atom is -0.337 e. The van der Waals surface area contributed by atoms with E-state index in [-0.39, 0.29) is 12.5 Å². The Balaban J connectivity index is 1.65. The summed E-state index contributed by atoms with van der Waals surface area (Å²) >= 11 is 3.54. The fourth-order valence-electron chi connectivity index (χ4n) is 3.22. The van der Waals surface area contributed by atoms with Crippen molar-refractivity contribution in [2.75, 3.05) is 5.32 Å². The number of fused-ring (bicyclic) bond motifs is 2. The van der Waals surface area contributed by atoms with Crippen molar-refractivity contribution in [3.05, 3.63) is 76.9 Å². The lowest BCUT2D eigenvalue weighted by Gasteiger charge is -2.11. The molecule has 0 saturated heterocycles. The molecule has 1 amide bonds. The molecule has 26 heavy (non-hydrogen) atoms. The third-order valence-electron chi connectivity index (χ3n) is 4.41. The fourth-order valence-corrected chi connectivity index (χ4v) is 3.69. The number of anilines is 1. The average Bonchev–Trinajstić information content (AvgIpc) is 3.02. The maximum absolute atomic E-state index is 12.6. The number of para-hydroxylation sites is 1. The van der Waals surface area contributed by atoms with Crippen molar-refractivity contribution >= 4 is 55.5 Å². The number of aromatic nitrogens is 1. The summed E-state index contributed by atoms with van der Waals surface area (Å²) < 4.78 is 2.79. The summed E-state index contributed by atoms with van der Waals surface area (Å²) in [5.41, 5.74) is 2.22. The van der Waals surface area contributed by atoms with Crippen molar-refractivity contribution in [1.82, 2.24) is 4.57 Å². The summed E-state index contributed by atoms with van der Waals surface area (Å²) in [6.07, 6.45) is 2.54. The first-order valence-electron chi connectivity index (χ1n) is 8.17. The van der Waals surface area contributed by atoms with Crippen molar-refractivity contribution in [3.8, 4) is 0 Å². The summed E-state index contributed by atoms with van der Waals surface area (Å²) in [5.74, 6) is -0.143. The van der Waals surface area contributed by atoms with Gasteiger partial charge in [0.05, 0.1) is 0 Å². The number of hydrogen-bond donors (Lipinski definition) is 1. The van der Waals surface area contributed by atoms with Gasteiger partial charge in [0.25, 0.3) is 0 Å². The Morgan fingerprint density at radius 3 is 2.42 bits per heavy atom. The zero-order chi connectivity index (χ0) is 18.1. The average molecular weight is 407 g/mol. The van der Waals surface area contributed by atoms with Crippen LogP contribution in [-0.4, -0.2) is 16.8 Å². The van der Waals surface area contributed by atoms with E-state index >= 15 is 0 Å². The van der Waals surface area contributed by atoms with Gasteiger partial charge in [-0.25, -0.2) is 0 Å². The lowest BCUT2D eigenvalue weighted by Crippen LogP contribution is -2.18. The molecule has 0 fully saturated rings. The lowest BCUT2D eigenvalue weighted by molar-refractivity contribution is -0.116. The van der Waals surface area contributed by atoms with E-state index in [1.165, 1.54) is 0 Å². The molecule has 0 aliphatic rings. The lowest BCUT2D eigenvalue weighted by atomic mass is 10.1. The smallest absolute Gasteiger partial charge is 0.244 e. The number of amides is 1. The van der Waals surface area contributed by atoms with Gasteiger partial charge in [0, 0.05) is 38.2 Å². The van der Waals surface area contributed by atoms with Gasteiger partial charge in [-0.05, 0) is 23.6 Å². The summed E-state index contributed by atoms with van der Waals surface area (Å²) in [5, 5.41) is 5.85. The van der Waals surface area contributed by atoms with Crippen molar-refractivity contribution in [3.63, 3.8) is 0 Å². The van der Waals surface area contributed by atoms with E-state index in [2.05, 4.69) is 21.2 Å². The molecule has 4 nitrogen and oxygen atoms in total. The normalized spacial score (nSPS) is 11.0. The van der Waals surface area contributed by atoms with Crippen molar-refractivity contribution in [2.45, 2.75) is 6.54 Å². The zero-order valence-electron chi connectivity index (χ0n) is 13.8. The van der Waals surface area contributed by atoms with Crippen LogP contribution in [0, 0.1) is 0 Å². The number of nitrogens with zero attached hydrogens (tertiary/aromatic N) is 1. The van der Waals surface area contributed by atoms with Crippen LogP contribution in [0.4, 0.5) is 5.69 Å². The molecule has 5 heteroatoms. The van der Waals surface area contributed by atoms with Gasteiger partial charge in [0.1, 0.15) is 6.54 Å². The molecule has 4 aromatic rings. The Hall–Kier alpha value is -2.92. The highest BCUT2D eigenvalue weighted by atomic mass is 79.9. The van der Waals surface area contributed by atoms with Crippen LogP contribution in [0.15, 0.2) is 71.3 Å². The van der Waals surface area contributed by atoms with Crippen LogP contribution in [0.2, 0.25) is 0 Å². The largest absolute Gasteiger partial charge is 0.337 e. The van der Waals surface area contributed by atoms with E-state index in [0.717, 1.165) is 38.1 Å². The standard InChI is InChI=1S/C21H15BrN2O2/c22-18-9-10-19(17-7-2-1-6-16(17)18)23-21(26)12-24-11-14(13-25)15-5-3-4-8-20(15)24/h1-11,13H,12H2,(H,23,26). The highest BCUT2D eigenvalue weighted by Crippen LogP contribution is 2.30. The molecule has 1 heterocycles. The SMILES string of the molecule is O=Cc1cn(CC(=O)Nc2ccc(Br)c3ccccc23)c2ccccc12. The third-order valence-corrected chi connectivity index (χ3v) is 5.10. The molecular weight excluding hydrogens is 392 g/mol. The molecule has 0 bridgehead atoms. The van der Waals surface area contributed by atoms with E-state index in [9.17, 15) is 9.59 Å². The van der Waals surface area contributed by atoms with Crippen LogP contribution in [0.25, 0.3) is 21.7 Å². The quantitative estimate of drug-likeness (QED) is 0.484. The van der Waals surface area contributed by atoms with Gasteiger partial charge in [-0.2, -0.15) is 0 Å². The van der Waals surface area contributed by atoms with Crippen LogP contribution in [0.5, 0.6) is 0 Å². The van der Waals surface area contributed by atoms with Gasteiger partial charge in [-0.1, -0.05) is 58.4 Å². The Bertz CT molecular complexity index is 1150. The molecular formula is C21H15BrN2O2. The number of rotatable bonds is 4. The van der Waals surface area contributed by atoms with Gasteiger partial charge < -0.3 is 9.88 Å². The number of carbonyl (C=O) groups is 2. The Morgan fingerprint density at radius 2 is 1.65 bits per heavy atom. The maximum atomic E-state index is 12.6. The van der Waals surface area contributed by atoms with Crippen molar-refractivity contribution < 1.29 is 9.59 Å². The van der Waals surface area contributed by atoms with E-state index in [1.807, 2.05) is 60.7 Å². The van der Waals surface area contributed by atoms with Crippen molar-refractivity contribution in [1.29, 1.82) is 0 Å². The Kier molecular flexibility index (Phi) is 4.31. The third kappa shape index (κ3) is 2.91. The Morgan fingerprint density at radius 1 is 0.962 bits per heavy atom. The minimum absolute atomic E-state index is 0.138. The fraction of sp³-hybridized carbons (Fsp3) is 0.0476. The summed E-state index contributed by atoms with van der Waals surface area (Å²) in [6, 6.07) is 19.3. The highest BCUT2D eigenvalue weighted by Gasteiger charge is 2.12. The molecule has 1 aromatic heterocycles. The molecule has 0 aliphatic heterocycles. The van der Waals surface area contributed by atoms with Gasteiger partial charge in [-0.15, -0.1) is 0 Å². The summed E-state index contributed by atoms with van der Waals surface area (Å²) in [6.45, 7) is 0.138. The minimum atomic E-state index is -0.143. The maximum Gasteiger partial charge on any atom is 0.244 e. The number of hydrogen-bond acceptors (Lipinski definition) is 2. The van der Waals surface area contributed by atoms with Gasteiger partial charge in [-0.3, -0.25) is 9.59 Å². The van der Waals surface area contributed by atoms with Gasteiger partial charge >= 0.3 is 0 Å². The molecule has 128 valence electrons. The molecule has 0 atom stereocenters. The van der Waals surface area contributed by atoms with Crippen molar-refractivity contribution in [2.24, 2.45) is 0 Å². The topological polar surface area (TPSA) is 51.1 Å². The first-order valence-corrected chi connectivity index (χ1v) is 8.97. The molecule has 0 radical (unpaired) electrons.